The first kappa shape index (κ1) is 43.7. The van der Waals surface area contributed by atoms with Gasteiger partial charge in [0.15, 0.2) is 11.5 Å². The molecule has 0 bridgehead atoms. The van der Waals surface area contributed by atoms with Gasteiger partial charge in [0.1, 0.15) is 0 Å². The average Bonchev–Trinajstić information content (AvgIpc) is 4.00. The minimum absolute atomic E-state index is 0.593. The lowest BCUT2D eigenvalue weighted by atomic mass is 9.94. The molecule has 6 heteroatoms. The fourth-order valence-electron chi connectivity index (χ4n) is 8.84. The molecular weight excluding hydrogens is 761 g/mol. The molecule has 6 rings (SSSR count). The van der Waals surface area contributed by atoms with E-state index < -0.39 is 0 Å². The number of hydrogen-bond donors (Lipinski definition) is 0. The lowest BCUT2D eigenvalue weighted by molar-refractivity contribution is 0.192. The molecular formula is C50H72O2S4. The monoisotopic (exact) mass is 832 g/mol. The van der Waals surface area contributed by atoms with Crippen LogP contribution in [-0.4, -0.2) is 13.2 Å². The largest absolute Gasteiger partial charge is 0.489 e. The van der Waals surface area contributed by atoms with Crippen LogP contribution >= 0.6 is 45.3 Å². The van der Waals surface area contributed by atoms with E-state index in [1.54, 1.807) is 0 Å². The van der Waals surface area contributed by atoms with E-state index in [1.807, 2.05) is 45.3 Å². The first-order valence-electron chi connectivity index (χ1n) is 23.1. The second kappa shape index (κ2) is 23.7. The van der Waals surface area contributed by atoms with Gasteiger partial charge < -0.3 is 9.47 Å². The van der Waals surface area contributed by atoms with Crippen LogP contribution in [0.5, 0.6) is 11.5 Å². The highest BCUT2D eigenvalue weighted by atomic mass is 32.1. The summed E-state index contributed by atoms with van der Waals surface area (Å²) in [5, 5.41) is 10.1. The fraction of sp³-hybridized carbons (Fsp3) is 0.640. The summed E-state index contributed by atoms with van der Waals surface area (Å²) in [4.78, 5) is 0. The molecule has 2 nitrogen and oxygen atoms in total. The molecule has 308 valence electrons. The van der Waals surface area contributed by atoms with E-state index in [-0.39, 0.29) is 0 Å². The SMILES string of the molecule is CCCCCCCCC(CCCCCC)COc1cc2c(cc1OCC(CCCCCC)CCCCCCCC)c1c3sccc3sc1c1sc3ccsc3c21. The third-order valence-corrected chi connectivity index (χ3v) is 16.8. The van der Waals surface area contributed by atoms with Crippen molar-refractivity contribution in [3.05, 3.63) is 35.0 Å². The fourth-order valence-corrected chi connectivity index (χ4v) is 13.8. The van der Waals surface area contributed by atoms with Crippen molar-refractivity contribution in [2.75, 3.05) is 13.2 Å². The zero-order valence-electron chi connectivity index (χ0n) is 35.5. The Bertz CT molecular complexity index is 1870. The van der Waals surface area contributed by atoms with Crippen LogP contribution in [0.25, 0.3) is 49.7 Å². The molecule has 2 aromatic carbocycles. The normalized spacial score (nSPS) is 13.3. The maximum absolute atomic E-state index is 7.11. The van der Waals surface area contributed by atoms with Crippen LogP contribution in [0.15, 0.2) is 35.0 Å². The Morgan fingerprint density at radius 1 is 0.429 bits per heavy atom. The van der Waals surface area contributed by atoms with Crippen LogP contribution in [0.2, 0.25) is 0 Å². The van der Waals surface area contributed by atoms with E-state index >= 15 is 0 Å². The third kappa shape index (κ3) is 11.7. The Hall–Kier alpha value is -1.86. The second-order valence-electron chi connectivity index (χ2n) is 16.9. The van der Waals surface area contributed by atoms with Gasteiger partial charge in [-0.05, 0) is 83.3 Å². The molecule has 4 aromatic heterocycles. The van der Waals surface area contributed by atoms with E-state index in [9.17, 15) is 0 Å². The molecule has 6 aromatic rings. The quantitative estimate of drug-likeness (QED) is 0.0421. The van der Waals surface area contributed by atoms with Gasteiger partial charge in [-0.15, -0.1) is 45.3 Å². The van der Waals surface area contributed by atoms with Gasteiger partial charge in [0.05, 0.1) is 32.0 Å². The number of rotatable bonds is 30. The number of fused-ring (bicyclic) bond motifs is 10. The summed E-state index contributed by atoms with van der Waals surface area (Å²) in [7, 11) is 0. The summed E-state index contributed by atoms with van der Waals surface area (Å²) in [6.07, 6.45) is 31.9. The lowest BCUT2D eigenvalue weighted by Gasteiger charge is -2.22. The number of benzene rings is 2. The molecule has 56 heavy (non-hydrogen) atoms. The van der Waals surface area contributed by atoms with Crippen molar-refractivity contribution in [2.45, 2.75) is 182 Å². The van der Waals surface area contributed by atoms with E-state index in [4.69, 9.17) is 9.47 Å². The van der Waals surface area contributed by atoms with Crippen molar-refractivity contribution < 1.29 is 9.47 Å². The van der Waals surface area contributed by atoms with Gasteiger partial charge in [-0.25, -0.2) is 0 Å². The molecule has 0 fully saturated rings. The zero-order chi connectivity index (χ0) is 39.0. The molecule has 0 radical (unpaired) electrons. The van der Waals surface area contributed by atoms with E-state index in [1.165, 1.54) is 204 Å². The van der Waals surface area contributed by atoms with Crippen LogP contribution < -0.4 is 9.47 Å². The third-order valence-electron chi connectivity index (χ3n) is 12.2. The topological polar surface area (TPSA) is 18.5 Å². The molecule has 0 aliphatic rings. The van der Waals surface area contributed by atoms with Crippen LogP contribution in [0.4, 0.5) is 0 Å². The Kier molecular flexibility index (Phi) is 18.5. The highest BCUT2D eigenvalue weighted by molar-refractivity contribution is 7.38. The number of hydrogen-bond acceptors (Lipinski definition) is 6. The van der Waals surface area contributed by atoms with Gasteiger partial charge >= 0.3 is 0 Å². The van der Waals surface area contributed by atoms with Gasteiger partial charge in [-0.1, -0.05) is 156 Å². The van der Waals surface area contributed by atoms with Gasteiger partial charge in [-0.2, -0.15) is 0 Å². The van der Waals surface area contributed by atoms with Crippen LogP contribution in [0, 0.1) is 11.8 Å². The van der Waals surface area contributed by atoms with Gasteiger partial charge in [0.25, 0.3) is 0 Å². The number of ether oxygens (including phenoxy) is 2. The maximum atomic E-state index is 7.11. The summed E-state index contributed by atoms with van der Waals surface area (Å²) < 4.78 is 22.8. The maximum Gasteiger partial charge on any atom is 0.161 e. The highest BCUT2D eigenvalue weighted by Gasteiger charge is 2.23. The predicted octanol–water partition coefficient (Wildman–Crippen LogP) is 19.1. The molecule has 2 atom stereocenters. The van der Waals surface area contributed by atoms with Crippen molar-refractivity contribution >= 4 is 95.1 Å². The molecule has 4 heterocycles. The standard InChI is InChI=1S/C50H72O2S4/c1-5-9-13-17-19-23-27-37(25-21-15-11-7-3)35-51-41-33-39-40(34-42(41)52-36-38(26-22-16-12-8-4)28-24-20-18-14-10-6-2)46-48-44(30-32-54-48)56-50(46)49-45(39)47-43(55-49)29-31-53-47/h29-34,37-38H,5-28,35-36H2,1-4H3. The first-order chi connectivity index (χ1) is 27.7. The summed E-state index contributed by atoms with van der Waals surface area (Å²) >= 11 is 7.76. The van der Waals surface area contributed by atoms with Crippen molar-refractivity contribution in [1.82, 2.24) is 0 Å². The summed E-state index contributed by atoms with van der Waals surface area (Å²) in [6, 6.07) is 9.47. The Morgan fingerprint density at radius 3 is 1.14 bits per heavy atom. The van der Waals surface area contributed by atoms with Crippen LogP contribution in [0.3, 0.4) is 0 Å². The highest BCUT2D eigenvalue weighted by Crippen LogP contribution is 2.53. The molecule has 0 aliphatic heterocycles. The minimum Gasteiger partial charge on any atom is -0.489 e. The van der Waals surface area contributed by atoms with Crippen molar-refractivity contribution in [3.63, 3.8) is 0 Å². The average molecular weight is 833 g/mol. The smallest absolute Gasteiger partial charge is 0.161 e. The van der Waals surface area contributed by atoms with Crippen molar-refractivity contribution in [3.8, 4) is 11.5 Å². The molecule has 0 saturated heterocycles. The van der Waals surface area contributed by atoms with E-state index in [0.717, 1.165) is 24.7 Å². The lowest BCUT2D eigenvalue weighted by Crippen LogP contribution is -2.15. The Balaban J connectivity index is 1.33. The molecule has 0 N–H and O–H groups in total. The van der Waals surface area contributed by atoms with Crippen molar-refractivity contribution in [2.24, 2.45) is 11.8 Å². The first-order valence-corrected chi connectivity index (χ1v) is 26.5. The van der Waals surface area contributed by atoms with E-state index in [0.29, 0.717) is 11.8 Å². The van der Waals surface area contributed by atoms with E-state index in [2.05, 4.69) is 62.7 Å². The van der Waals surface area contributed by atoms with Gasteiger partial charge in [0.2, 0.25) is 0 Å². The zero-order valence-corrected chi connectivity index (χ0v) is 38.7. The van der Waals surface area contributed by atoms with Crippen LogP contribution in [0.1, 0.15) is 182 Å². The molecule has 0 saturated carbocycles. The molecule has 0 amide bonds. The second-order valence-corrected chi connectivity index (χ2v) is 20.8. The minimum atomic E-state index is 0.593. The Labute approximate surface area is 355 Å². The Morgan fingerprint density at radius 2 is 0.768 bits per heavy atom. The number of unbranched alkanes of at least 4 members (excludes halogenated alkanes) is 16. The number of thiophene rings is 4. The summed E-state index contributed by atoms with van der Waals surface area (Å²) in [6.45, 7) is 10.9. The molecule has 0 aliphatic carbocycles. The summed E-state index contributed by atoms with van der Waals surface area (Å²) in [5.41, 5.74) is 0. The summed E-state index contributed by atoms with van der Waals surface area (Å²) in [5.74, 6) is 3.13. The molecule has 0 spiro atoms. The predicted molar refractivity (Wildman–Crippen MR) is 257 cm³/mol. The van der Waals surface area contributed by atoms with Crippen LogP contribution in [-0.2, 0) is 0 Å². The van der Waals surface area contributed by atoms with Gasteiger partial charge in [-0.3, -0.25) is 0 Å². The van der Waals surface area contributed by atoms with Crippen molar-refractivity contribution in [1.29, 1.82) is 0 Å². The molecule has 2 unspecified atom stereocenters. The van der Waals surface area contributed by atoms with Gasteiger partial charge in [0, 0.05) is 20.2 Å².